The predicted octanol–water partition coefficient (Wildman–Crippen LogP) is 5.27. The fourth-order valence-corrected chi connectivity index (χ4v) is 3.40. The molecule has 0 fully saturated rings. The Morgan fingerprint density at radius 1 is 1.15 bits per heavy atom. The molecule has 0 bridgehead atoms. The predicted molar refractivity (Wildman–Crippen MR) is 117 cm³/mol. The summed E-state index contributed by atoms with van der Waals surface area (Å²) < 4.78 is 45.7. The standard InChI is InChI=1S/C24H26F3N3O3/c1-2-5-21-18(16-30(29-21)22-11-10-19(15-28-22)24(25,26)27)7-4-13-33-20-8-3-6-17(14-20)9-12-23(31)32/h3,6,8,10-11,14-16H,2,4-5,7,9,12-13H2,1H3,(H,31,32). The Balaban J connectivity index is 1.60. The highest BCUT2D eigenvalue weighted by Crippen LogP contribution is 2.28. The minimum absolute atomic E-state index is 0.0709. The summed E-state index contributed by atoms with van der Waals surface area (Å²) in [5.74, 6) is 0.189. The number of ether oxygens (including phenoxy) is 1. The van der Waals surface area contributed by atoms with Gasteiger partial charge in [-0.1, -0.05) is 25.5 Å². The number of alkyl halides is 3. The number of halogens is 3. The van der Waals surface area contributed by atoms with Crippen molar-refractivity contribution >= 4 is 5.97 Å². The van der Waals surface area contributed by atoms with Crippen molar-refractivity contribution in [3.63, 3.8) is 0 Å². The number of hydrogen-bond donors (Lipinski definition) is 1. The van der Waals surface area contributed by atoms with Crippen LogP contribution in [0.2, 0.25) is 0 Å². The Hall–Kier alpha value is -3.36. The Morgan fingerprint density at radius 3 is 2.64 bits per heavy atom. The molecule has 0 amide bonds. The summed E-state index contributed by atoms with van der Waals surface area (Å²) in [7, 11) is 0. The molecule has 0 spiro atoms. The first kappa shape index (κ1) is 24.3. The van der Waals surface area contributed by atoms with Crippen LogP contribution in [0.4, 0.5) is 13.2 Å². The molecule has 6 nitrogen and oxygen atoms in total. The molecule has 0 atom stereocenters. The first-order valence-corrected chi connectivity index (χ1v) is 10.8. The minimum Gasteiger partial charge on any atom is -0.494 e. The molecule has 0 saturated heterocycles. The lowest BCUT2D eigenvalue weighted by Gasteiger charge is -2.08. The number of rotatable bonds is 11. The fraction of sp³-hybridized carbons (Fsp3) is 0.375. The van der Waals surface area contributed by atoms with Crippen LogP contribution in [0.15, 0.2) is 48.8 Å². The Morgan fingerprint density at radius 2 is 1.97 bits per heavy atom. The van der Waals surface area contributed by atoms with Gasteiger partial charge in [-0.15, -0.1) is 0 Å². The van der Waals surface area contributed by atoms with Crippen LogP contribution in [0.1, 0.15) is 48.6 Å². The zero-order valence-corrected chi connectivity index (χ0v) is 18.3. The lowest BCUT2D eigenvalue weighted by Crippen LogP contribution is -2.07. The lowest BCUT2D eigenvalue weighted by atomic mass is 10.1. The van der Waals surface area contributed by atoms with Crippen LogP contribution in [0.3, 0.4) is 0 Å². The van der Waals surface area contributed by atoms with Gasteiger partial charge >= 0.3 is 12.1 Å². The quantitative estimate of drug-likeness (QED) is 0.394. The number of aliphatic carboxylic acids is 1. The molecule has 0 radical (unpaired) electrons. The molecule has 0 saturated carbocycles. The zero-order valence-electron chi connectivity index (χ0n) is 18.3. The van der Waals surface area contributed by atoms with E-state index in [1.807, 2.05) is 37.4 Å². The van der Waals surface area contributed by atoms with E-state index in [0.29, 0.717) is 31.0 Å². The summed E-state index contributed by atoms with van der Waals surface area (Å²) >= 11 is 0. The normalized spacial score (nSPS) is 11.5. The molecule has 0 unspecified atom stereocenters. The van der Waals surface area contributed by atoms with E-state index in [-0.39, 0.29) is 6.42 Å². The Labute approximate surface area is 190 Å². The van der Waals surface area contributed by atoms with Gasteiger partial charge in [-0.05, 0) is 61.1 Å². The third kappa shape index (κ3) is 7.06. The second-order valence-corrected chi connectivity index (χ2v) is 7.69. The summed E-state index contributed by atoms with van der Waals surface area (Å²) in [6, 6.07) is 9.71. The van der Waals surface area contributed by atoms with Gasteiger partial charge < -0.3 is 9.84 Å². The van der Waals surface area contributed by atoms with E-state index >= 15 is 0 Å². The average molecular weight is 461 g/mol. The maximum Gasteiger partial charge on any atom is 0.417 e. The fourth-order valence-electron chi connectivity index (χ4n) is 3.40. The molecular weight excluding hydrogens is 435 g/mol. The summed E-state index contributed by atoms with van der Waals surface area (Å²) in [6.07, 6.45) is 1.80. The van der Waals surface area contributed by atoms with Crippen LogP contribution in [0.5, 0.6) is 5.75 Å². The van der Waals surface area contributed by atoms with E-state index in [2.05, 4.69) is 10.1 Å². The highest BCUT2D eigenvalue weighted by molar-refractivity contribution is 5.67. The van der Waals surface area contributed by atoms with E-state index < -0.39 is 17.7 Å². The SMILES string of the molecule is CCCc1nn(-c2ccc(C(F)(F)F)cn2)cc1CCCOc1cccc(CCC(=O)O)c1. The molecule has 2 heterocycles. The molecule has 3 rings (SSSR count). The van der Waals surface area contributed by atoms with Gasteiger partial charge in [0.1, 0.15) is 5.75 Å². The number of carboxylic acids is 1. The van der Waals surface area contributed by atoms with Crippen LogP contribution in [-0.4, -0.2) is 32.4 Å². The van der Waals surface area contributed by atoms with E-state index in [0.717, 1.165) is 48.3 Å². The molecule has 176 valence electrons. The van der Waals surface area contributed by atoms with Gasteiger partial charge in [-0.25, -0.2) is 9.67 Å². The van der Waals surface area contributed by atoms with Crippen molar-refractivity contribution < 1.29 is 27.8 Å². The first-order valence-electron chi connectivity index (χ1n) is 10.8. The van der Waals surface area contributed by atoms with Crippen molar-refractivity contribution in [2.45, 2.75) is 51.6 Å². The monoisotopic (exact) mass is 461 g/mol. The third-order valence-electron chi connectivity index (χ3n) is 5.06. The van der Waals surface area contributed by atoms with Crippen molar-refractivity contribution in [1.29, 1.82) is 0 Å². The van der Waals surface area contributed by atoms with Gasteiger partial charge in [-0.3, -0.25) is 4.79 Å². The Bertz CT molecular complexity index is 1060. The van der Waals surface area contributed by atoms with E-state index in [1.54, 1.807) is 0 Å². The van der Waals surface area contributed by atoms with Crippen molar-refractivity contribution in [2.24, 2.45) is 0 Å². The number of aryl methyl sites for hydroxylation is 3. The zero-order chi connectivity index (χ0) is 23.8. The highest BCUT2D eigenvalue weighted by Gasteiger charge is 2.30. The summed E-state index contributed by atoms with van der Waals surface area (Å²) in [5.41, 5.74) is 2.02. The molecule has 0 aliphatic rings. The van der Waals surface area contributed by atoms with Crippen molar-refractivity contribution in [2.75, 3.05) is 6.61 Å². The number of benzene rings is 1. The van der Waals surface area contributed by atoms with Gasteiger partial charge in [-0.2, -0.15) is 18.3 Å². The molecule has 2 aromatic heterocycles. The largest absolute Gasteiger partial charge is 0.494 e. The molecule has 0 aliphatic carbocycles. The van der Waals surface area contributed by atoms with Gasteiger partial charge in [0, 0.05) is 18.8 Å². The highest BCUT2D eigenvalue weighted by atomic mass is 19.4. The maximum atomic E-state index is 12.8. The number of nitrogens with zero attached hydrogens (tertiary/aromatic N) is 3. The molecule has 0 aliphatic heterocycles. The number of carbonyl (C=O) groups is 1. The van der Waals surface area contributed by atoms with Crippen molar-refractivity contribution in [3.05, 3.63) is 71.2 Å². The first-order chi connectivity index (χ1) is 15.8. The molecule has 1 N–H and O–H groups in total. The smallest absolute Gasteiger partial charge is 0.417 e. The van der Waals surface area contributed by atoms with Gasteiger partial charge in [0.2, 0.25) is 0 Å². The molecule has 1 aromatic carbocycles. The van der Waals surface area contributed by atoms with Crippen LogP contribution < -0.4 is 4.74 Å². The second kappa shape index (κ2) is 11.0. The second-order valence-electron chi connectivity index (χ2n) is 7.69. The van der Waals surface area contributed by atoms with Crippen molar-refractivity contribution in [1.82, 2.24) is 14.8 Å². The molecule has 9 heteroatoms. The summed E-state index contributed by atoms with van der Waals surface area (Å²) in [6.45, 7) is 2.51. The van der Waals surface area contributed by atoms with E-state index in [4.69, 9.17) is 9.84 Å². The molecular formula is C24H26F3N3O3. The topological polar surface area (TPSA) is 77.2 Å². The van der Waals surface area contributed by atoms with Gasteiger partial charge in [0.25, 0.3) is 0 Å². The average Bonchev–Trinajstić information content (AvgIpc) is 3.18. The van der Waals surface area contributed by atoms with Gasteiger partial charge in [0.05, 0.1) is 17.9 Å². The van der Waals surface area contributed by atoms with Crippen LogP contribution >= 0.6 is 0 Å². The lowest BCUT2D eigenvalue weighted by molar-refractivity contribution is -0.138. The number of hydrogen-bond acceptors (Lipinski definition) is 4. The van der Waals surface area contributed by atoms with Crippen LogP contribution in [0, 0.1) is 0 Å². The number of pyridine rings is 1. The molecule has 3 aromatic rings. The van der Waals surface area contributed by atoms with Crippen LogP contribution in [0.25, 0.3) is 5.82 Å². The van der Waals surface area contributed by atoms with E-state index in [1.165, 1.54) is 10.7 Å². The minimum atomic E-state index is -4.43. The third-order valence-corrected chi connectivity index (χ3v) is 5.06. The molecule has 33 heavy (non-hydrogen) atoms. The van der Waals surface area contributed by atoms with E-state index in [9.17, 15) is 18.0 Å². The Kier molecular flexibility index (Phi) is 8.08. The van der Waals surface area contributed by atoms with Crippen molar-refractivity contribution in [3.8, 4) is 11.6 Å². The summed E-state index contributed by atoms with van der Waals surface area (Å²) in [5, 5.41) is 13.3. The number of aromatic nitrogens is 3. The number of carboxylic acid groups (broad SMARTS) is 1. The summed E-state index contributed by atoms with van der Waals surface area (Å²) in [4.78, 5) is 14.7. The maximum absolute atomic E-state index is 12.8. The van der Waals surface area contributed by atoms with Gasteiger partial charge in [0.15, 0.2) is 5.82 Å². The van der Waals surface area contributed by atoms with Crippen LogP contribution in [-0.2, 0) is 30.2 Å².